The number of unbranched alkanes of at least 4 members (excludes halogenated alkanes) is 6. The Labute approximate surface area is 225 Å². The number of hydrogen-bond donors (Lipinski definition) is 7. The average Bonchev–Trinajstić information content (AvgIpc) is 2.87. The Balaban J connectivity index is 1.91. The molecule has 0 radical (unpaired) electrons. The van der Waals surface area contributed by atoms with E-state index < -0.39 is 29.8 Å². The summed E-state index contributed by atoms with van der Waals surface area (Å²) in [5.74, 6) is 0.832. The number of aliphatic hydroxyl groups is 3. The van der Waals surface area contributed by atoms with Crippen molar-refractivity contribution >= 4 is 29.5 Å². The molecule has 1 aliphatic rings. The van der Waals surface area contributed by atoms with E-state index in [2.05, 4.69) is 16.0 Å². The molecule has 8 N–H and O–H groups in total. The molecule has 0 aromatic rings. The topological polar surface area (TPSA) is 183 Å². The van der Waals surface area contributed by atoms with Crippen LogP contribution in [-0.4, -0.2) is 94.8 Å². The van der Waals surface area contributed by atoms with E-state index in [1.165, 1.54) is 18.7 Å². The second-order valence-corrected chi connectivity index (χ2v) is 10.7. The summed E-state index contributed by atoms with van der Waals surface area (Å²) in [6.45, 7) is 3.03. The van der Waals surface area contributed by atoms with Crippen LogP contribution in [0.5, 0.6) is 0 Å². The fourth-order valence-corrected chi connectivity index (χ4v) is 5.14. The Morgan fingerprint density at radius 2 is 1.30 bits per heavy atom. The van der Waals surface area contributed by atoms with Gasteiger partial charge in [0, 0.05) is 39.4 Å². The summed E-state index contributed by atoms with van der Waals surface area (Å²) >= 11 is 1.47. The van der Waals surface area contributed by atoms with Gasteiger partial charge in [-0.25, -0.2) is 0 Å². The molecule has 1 saturated heterocycles. The molecule has 11 nitrogen and oxygen atoms in total. The molecular formula is C25H48N4O7S. The first-order chi connectivity index (χ1) is 17.8. The quantitative estimate of drug-likeness (QED) is 0.104. The van der Waals surface area contributed by atoms with Crippen LogP contribution in [0, 0.1) is 0 Å². The fourth-order valence-electron chi connectivity index (χ4n) is 3.93. The zero-order valence-electron chi connectivity index (χ0n) is 22.2. The van der Waals surface area contributed by atoms with Gasteiger partial charge in [-0.3, -0.25) is 14.4 Å². The third-order valence-electron chi connectivity index (χ3n) is 6.21. The smallest absolute Gasteiger partial charge is 0.219 e. The summed E-state index contributed by atoms with van der Waals surface area (Å²) in [6.07, 6.45) is 5.67. The van der Waals surface area contributed by atoms with E-state index in [1.54, 1.807) is 0 Å². The van der Waals surface area contributed by atoms with Crippen molar-refractivity contribution in [1.29, 1.82) is 0 Å². The van der Waals surface area contributed by atoms with Gasteiger partial charge in [0.25, 0.3) is 0 Å². The Bertz CT molecular complexity index is 657. The highest BCUT2D eigenvalue weighted by Crippen LogP contribution is 2.28. The van der Waals surface area contributed by atoms with Gasteiger partial charge in [0.2, 0.25) is 17.7 Å². The van der Waals surface area contributed by atoms with Gasteiger partial charge in [0.15, 0.2) is 0 Å². The van der Waals surface area contributed by atoms with Crippen molar-refractivity contribution in [3.05, 3.63) is 0 Å². The number of ether oxygens (including phenoxy) is 1. The van der Waals surface area contributed by atoms with Crippen LogP contribution in [0.25, 0.3) is 0 Å². The number of nitrogens with one attached hydrogen (secondary N) is 3. The highest BCUT2D eigenvalue weighted by atomic mass is 32.2. The van der Waals surface area contributed by atoms with Crippen LogP contribution in [0.4, 0.5) is 0 Å². The van der Waals surface area contributed by atoms with Crippen LogP contribution in [-0.2, 0) is 19.1 Å². The summed E-state index contributed by atoms with van der Waals surface area (Å²) in [5, 5.41) is 37.7. The van der Waals surface area contributed by atoms with E-state index in [0.29, 0.717) is 32.5 Å². The van der Waals surface area contributed by atoms with Gasteiger partial charge in [-0.1, -0.05) is 19.3 Å². The maximum Gasteiger partial charge on any atom is 0.219 e. The number of aliphatic hydroxyl groups excluding tert-OH is 3. The molecule has 1 fully saturated rings. The first-order valence-electron chi connectivity index (χ1n) is 13.5. The molecule has 1 heterocycles. The monoisotopic (exact) mass is 548 g/mol. The zero-order valence-corrected chi connectivity index (χ0v) is 23.0. The maximum atomic E-state index is 12.0. The van der Waals surface area contributed by atoms with E-state index in [0.717, 1.165) is 63.5 Å². The van der Waals surface area contributed by atoms with Crippen molar-refractivity contribution < 1.29 is 34.4 Å². The molecule has 1 aliphatic heterocycles. The Hall–Kier alpha value is -1.44. The lowest BCUT2D eigenvalue weighted by molar-refractivity contribution is -0.165. The Morgan fingerprint density at radius 3 is 1.81 bits per heavy atom. The summed E-state index contributed by atoms with van der Waals surface area (Å²) < 4.78 is 5.59. The highest BCUT2D eigenvalue weighted by molar-refractivity contribution is 7.99. The molecule has 0 bridgehead atoms. The van der Waals surface area contributed by atoms with Crippen molar-refractivity contribution in [2.45, 2.75) is 107 Å². The van der Waals surface area contributed by atoms with Gasteiger partial charge in [0.1, 0.15) is 23.7 Å². The van der Waals surface area contributed by atoms with Gasteiger partial charge < -0.3 is 41.7 Å². The molecule has 216 valence electrons. The standard InChI is InChI=1S/C25H48N4O7S/c1-18(31)27-13-7-2-5-11-20(32)28-14-8-3-6-12-21(33)29-15-9-4-10-16-37-25-22(26)24(35)23(34)19(17-30)36-25/h19,22-25,30,34-35H,2-17,26H2,1H3,(H,27,31)(H,28,32)(H,29,33)/t19?,22?,23-,24?,25-/m0/s1. The van der Waals surface area contributed by atoms with Crippen molar-refractivity contribution in [2.24, 2.45) is 5.73 Å². The van der Waals surface area contributed by atoms with E-state index >= 15 is 0 Å². The first kappa shape index (κ1) is 33.6. The lowest BCUT2D eigenvalue weighted by Crippen LogP contribution is -2.60. The molecule has 0 aliphatic carbocycles. The summed E-state index contributed by atoms with van der Waals surface area (Å²) in [4.78, 5) is 34.5. The largest absolute Gasteiger partial charge is 0.394 e. The molecular weight excluding hydrogens is 500 g/mol. The van der Waals surface area contributed by atoms with Crippen molar-refractivity contribution in [3.8, 4) is 0 Å². The number of amides is 3. The van der Waals surface area contributed by atoms with Crippen molar-refractivity contribution in [2.75, 3.05) is 32.0 Å². The molecule has 1 rings (SSSR count). The molecule has 0 spiro atoms. The number of rotatable bonds is 20. The number of hydrogen-bond acceptors (Lipinski definition) is 9. The van der Waals surface area contributed by atoms with E-state index in [-0.39, 0.29) is 24.3 Å². The number of carbonyl (C=O) groups excluding carboxylic acids is 3. The summed E-state index contributed by atoms with van der Waals surface area (Å²) in [6, 6.07) is -0.712. The van der Waals surface area contributed by atoms with E-state index in [1.807, 2.05) is 0 Å². The lowest BCUT2D eigenvalue weighted by atomic mass is 9.99. The SMILES string of the molecule is CC(=O)NCCCCCC(=O)NCCCCCC(=O)NCCCCCS[C@@H]1OC(CO)[C@H](O)C(O)C1N. The lowest BCUT2D eigenvalue weighted by Gasteiger charge is -2.40. The zero-order chi connectivity index (χ0) is 27.5. The molecule has 3 unspecified atom stereocenters. The molecule has 5 atom stereocenters. The predicted molar refractivity (Wildman–Crippen MR) is 144 cm³/mol. The normalized spacial score (nSPS) is 23.4. The molecule has 37 heavy (non-hydrogen) atoms. The second-order valence-electron chi connectivity index (χ2n) is 9.52. The Kier molecular flexibility index (Phi) is 18.6. The van der Waals surface area contributed by atoms with Gasteiger partial charge in [-0.15, -0.1) is 11.8 Å². The van der Waals surface area contributed by atoms with Crippen LogP contribution < -0.4 is 21.7 Å². The van der Waals surface area contributed by atoms with E-state index in [9.17, 15) is 29.7 Å². The minimum absolute atomic E-state index is 0.0291. The predicted octanol–water partition coefficient (Wildman–Crippen LogP) is 0.146. The number of carbonyl (C=O) groups is 3. The second kappa shape index (κ2) is 20.5. The van der Waals surface area contributed by atoms with Crippen molar-refractivity contribution in [3.63, 3.8) is 0 Å². The third kappa shape index (κ3) is 15.5. The molecule has 0 aromatic heterocycles. The minimum Gasteiger partial charge on any atom is -0.394 e. The molecule has 12 heteroatoms. The Morgan fingerprint density at radius 1 is 0.784 bits per heavy atom. The molecule has 0 saturated carbocycles. The minimum atomic E-state index is -1.18. The summed E-state index contributed by atoms with van der Waals surface area (Å²) in [7, 11) is 0. The molecule has 3 amide bonds. The maximum absolute atomic E-state index is 12.0. The van der Waals surface area contributed by atoms with Crippen LogP contribution in [0.2, 0.25) is 0 Å². The van der Waals surface area contributed by atoms with Crippen LogP contribution in [0.1, 0.15) is 77.6 Å². The fraction of sp³-hybridized carbons (Fsp3) is 0.880. The summed E-state index contributed by atoms with van der Waals surface area (Å²) in [5.41, 5.74) is 5.45. The van der Waals surface area contributed by atoms with Crippen LogP contribution in [0.15, 0.2) is 0 Å². The molecule has 0 aromatic carbocycles. The van der Waals surface area contributed by atoms with Gasteiger partial charge in [0.05, 0.1) is 12.6 Å². The van der Waals surface area contributed by atoms with Crippen LogP contribution in [0.3, 0.4) is 0 Å². The van der Waals surface area contributed by atoms with Gasteiger partial charge in [-0.2, -0.15) is 0 Å². The number of thioether (sulfide) groups is 1. The highest BCUT2D eigenvalue weighted by Gasteiger charge is 2.42. The first-order valence-corrected chi connectivity index (χ1v) is 14.6. The van der Waals surface area contributed by atoms with Crippen molar-refractivity contribution in [1.82, 2.24) is 16.0 Å². The van der Waals surface area contributed by atoms with E-state index in [4.69, 9.17) is 10.5 Å². The number of nitrogens with two attached hydrogens (primary N) is 1. The van der Waals surface area contributed by atoms with Crippen LogP contribution >= 0.6 is 11.8 Å². The van der Waals surface area contributed by atoms with Gasteiger partial charge >= 0.3 is 0 Å². The average molecular weight is 549 g/mol. The van der Waals surface area contributed by atoms with Gasteiger partial charge in [-0.05, 0) is 44.3 Å². The third-order valence-corrected chi connectivity index (χ3v) is 7.49.